The number of hydrogen-bond donors (Lipinski definition) is 3. The monoisotopic (exact) mass is 246 g/mol. The minimum Gasteiger partial charge on any atom is -0.396 e. The van der Waals surface area contributed by atoms with Gasteiger partial charge in [0.2, 0.25) is 5.91 Å². The van der Waals surface area contributed by atoms with Crippen molar-refractivity contribution < 1.29 is 14.6 Å². The lowest BCUT2D eigenvalue weighted by atomic mass is 10.0. The summed E-state index contributed by atoms with van der Waals surface area (Å²) in [5.41, 5.74) is 0. The largest absolute Gasteiger partial charge is 0.396 e. The number of rotatable bonds is 10. The molecule has 0 rings (SSSR count). The highest BCUT2D eigenvalue weighted by Crippen LogP contribution is 2.05. The molecule has 0 aromatic carbocycles. The van der Waals surface area contributed by atoms with Gasteiger partial charge in [0.05, 0.1) is 12.6 Å². The second-order valence-electron chi connectivity index (χ2n) is 4.20. The van der Waals surface area contributed by atoms with Crippen LogP contribution in [0.4, 0.5) is 0 Å². The number of aliphatic hydroxyl groups is 1. The second-order valence-corrected chi connectivity index (χ2v) is 4.20. The number of ether oxygens (including phenoxy) is 1. The van der Waals surface area contributed by atoms with Gasteiger partial charge in [0.25, 0.3) is 0 Å². The fourth-order valence-corrected chi connectivity index (χ4v) is 1.50. The van der Waals surface area contributed by atoms with E-state index in [0.717, 1.165) is 19.4 Å². The maximum Gasteiger partial charge on any atom is 0.236 e. The van der Waals surface area contributed by atoms with Gasteiger partial charge in [0, 0.05) is 20.3 Å². The van der Waals surface area contributed by atoms with Crippen LogP contribution in [0.15, 0.2) is 0 Å². The quantitative estimate of drug-likeness (QED) is 0.479. The first-order valence-electron chi connectivity index (χ1n) is 6.26. The van der Waals surface area contributed by atoms with Crippen LogP contribution in [0, 0.1) is 5.92 Å². The lowest BCUT2D eigenvalue weighted by Crippen LogP contribution is -2.44. The third-order valence-corrected chi connectivity index (χ3v) is 2.83. The Hall–Kier alpha value is -0.650. The van der Waals surface area contributed by atoms with Crippen molar-refractivity contribution in [1.82, 2.24) is 10.6 Å². The summed E-state index contributed by atoms with van der Waals surface area (Å²) in [4.78, 5) is 11.6. The summed E-state index contributed by atoms with van der Waals surface area (Å²) in [6.45, 7) is 5.96. The lowest BCUT2D eigenvalue weighted by Gasteiger charge is -2.18. The third-order valence-electron chi connectivity index (χ3n) is 2.83. The Labute approximate surface area is 104 Å². The number of aliphatic hydroxyl groups excluding tert-OH is 1. The van der Waals surface area contributed by atoms with Crippen LogP contribution in [0.25, 0.3) is 0 Å². The zero-order valence-electron chi connectivity index (χ0n) is 11.2. The van der Waals surface area contributed by atoms with Gasteiger partial charge in [-0.3, -0.25) is 4.79 Å². The van der Waals surface area contributed by atoms with Gasteiger partial charge >= 0.3 is 0 Å². The van der Waals surface area contributed by atoms with E-state index in [1.54, 1.807) is 7.11 Å². The predicted molar refractivity (Wildman–Crippen MR) is 67.8 cm³/mol. The summed E-state index contributed by atoms with van der Waals surface area (Å²) in [6.07, 6.45) is 1.78. The predicted octanol–water partition coefficient (Wildman–Crippen LogP) is 0.136. The Morgan fingerprint density at radius 3 is 2.71 bits per heavy atom. The summed E-state index contributed by atoms with van der Waals surface area (Å²) in [6, 6.07) is -0.209. The minimum absolute atomic E-state index is 0.0131. The molecule has 0 aliphatic carbocycles. The van der Waals surface area contributed by atoms with Crippen LogP contribution in [0.3, 0.4) is 0 Å². The number of carbonyl (C=O) groups is 1. The fourth-order valence-electron chi connectivity index (χ4n) is 1.50. The van der Waals surface area contributed by atoms with E-state index in [0.29, 0.717) is 19.1 Å². The van der Waals surface area contributed by atoms with Crippen LogP contribution in [0.2, 0.25) is 0 Å². The Bertz CT molecular complexity index is 200. The molecule has 0 saturated carbocycles. The molecule has 17 heavy (non-hydrogen) atoms. The van der Waals surface area contributed by atoms with Crippen LogP contribution >= 0.6 is 0 Å². The third kappa shape index (κ3) is 8.12. The molecule has 0 aromatic rings. The van der Waals surface area contributed by atoms with Crippen molar-refractivity contribution >= 4 is 5.91 Å². The van der Waals surface area contributed by atoms with Crippen LogP contribution in [0.5, 0.6) is 0 Å². The van der Waals surface area contributed by atoms with Gasteiger partial charge in [-0.15, -0.1) is 0 Å². The van der Waals surface area contributed by atoms with Crippen LogP contribution in [0.1, 0.15) is 26.7 Å². The maximum atomic E-state index is 11.6. The van der Waals surface area contributed by atoms with Crippen molar-refractivity contribution in [2.24, 2.45) is 5.92 Å². The van der Waals surface area contributed by atoms with E-state index in [2.05, 4.69) is 17.6 Å². The van der Waals surface area contributed by atoms with E-state index in [1.165, 1.54) is 0 Å². The fraction of sp³-hybridized carbons (Fsp3) is 0.917. The molecule has 2 unspecified atom stereocenters. The number of nitrogens with one attached hydrogen (secondary N) is 2. The van der Waals surface area contributed by atoms with Gasteiger partial charge in [-0.05, 0) is 25.8 Å². The molecule has 0 aromatic heterocycles. The topological polar surface area (TPSA) is 70.6 Å². The van der Waals surface area contributed by atoms with E-state index in [9.17, 15) is 4.79 Å². The molecule has 2 atom stereocenters. The number of hydrogen-bond acceptors (Lipinski definition) is 4. The van der Waals surface area contributed by atoms with Crippen molar-refractivity contribution in [2.75, 3.05) is 33.4 Å². The normalized spacial score (nSPS) is 14.4. The lowest BCUT2D eigenvalue weighted by molar-refractivity contribution is -0.123. The highest BCUT2D eigenvalue weighted by Gasteiger charge is 2.13. The van der Waals surface area contributed by atoms with Crippen molar-refractivity contribution in [3.8, 4) is 0 Å². The molecule has 3 N–H and O–H groups in total. The molecule has 0 radical (unpaired) electrons. The average Bonchev–Trinajstić information content (AvgIpc) is 2.34. The Morgan fingerprint density at radius 2 is 2.18 bits per heavy atom. The first kappa shape index (κ1) is 16.4. The molecule has 102 valence electrons. The van der Waals surface area contributed by atoms with Gasteiger partial charge in [0.1, 0.15) is 0 Å². The van der Waals surface area contributed by atoms with Gasteiger partial charge in [0.15, 0.2) is 0 Å². The van der Waals surface area contributed by atoms with Crippen molar-refractivity contribution in [1.29, 1.82) is 0 Å². The van der Waals surface area contributed by atoms with Gasteiger partial charge < -0.3 is 20.5 Å². The van der Waals surface area contributed by atoms with Crippen LogP contribution in [-0.2, 0) is 9.53 Å². The SMILES string of the molecule is CCC(CCO)CNC(C)C(=O)NCCOC. The van der Waals surface area contributed by atoms with Gasteiger partial charge in [-0.2, -0.15) is 0 Å². The molecule has 0 heterocycles. The van der Waals surface area contributed by atoms with Crippen molar-refractivity contribution in [3.63, 3.8) is 0 Å². The maximum absolute atomic E-state index is 11.6. The number of methoxy groups -OCH3 is 1. The summed E-state index contributed by atoms with van der Waals surface area (Å²) in [5, 5.41) is 14.8. The van der Waals surface area contributed by atoms with Crippen LogP contribution in [-0.4, -0.2) is 50.5 Å². The molecule has 5 nitrogen and oxygen atoms in total. The molecule has 0 aliphatic rings. The summed E-state index contributed by atoms with van der Waals surface area (Å²) >= 11 is 0. The first-order valence-corrected chi connectivity index (χ1v) is 6.26. The van der Waals surface area contributed by atoms with E-state index in [-0.39, 0.29) is 18.6 Å². The van der Waals surface area contributed by atoms with E-state index in [4.69, 9.17) is 9.84 Å². The zero-order chi connectivity index (χ0) is 13.1. The molecule has 1 amide bonds. The molecular formula is C12H26N2O3. The van der Waals surface area contributed by atoms with Crippen molar-refractivity contribution in [3.05, 3.63) is 0 Å². The Morgan fingerprint density at radius 1 is 1.47 bits per heavy atom. The highest BCUT2D eigenvalue weighted by molar-refractivity contribution is 5.81. The standard InChI is InChI=1S/C12H26N2O3/c1-4-11(5-7-15)9-14-10(2)12(16)13-6-8-17-3/h10-11,14-15H,4-9H2,1-3H3,(H,13,16). The first-order chi connectivity index (χ1) is 8.15. The second kappa shape index (κ2) is 10.5. The minimum atomic E-state index is -0.209. The number of carbonyl (C=O) groups excluding carboxylic acids is 1. The van der Waals surface area contributed by atoms with E-state index < -0.39 is 0 Å². The van der Waals surface area contributed by atoms with Gasteiger partial charge in [-0.1, -0.05) is 13.3 Å². The molecule has 0 fully saturated rings. The van der Waals surface area contributed by atoms with Gasteiger partial charge in [-0.25, -0.2) is 0 Å². The molecule has 0 spiro atoms. The van der Waals surface area contributed by atoms with Crippen molar-refractivity contribution in [2.45, 2.75) is 32.7 Å². The molecule has 0 aliphatic heterocycles. The molecular weight excluding hydrogens is 220 g/mol. The molecule has 0 bridgehead atoms. The van der Waals surface area contributed by atoms with Crippen LogP contribution < -0.4 is 10.6 Å². The Kier molecular flexibility index (Phi) is 10.1. The van der Waals surface area contributed by atoms with E-state index >= 15 is 0 Å². The number of amides is 1. The summed E-state index contributed by atoms with van der Waals surface area (Å²) in [5.74, 6) is 0.412. The Balaban J connectivity index is 3.75. The summed E-state index contributed by atoms with van der Waals surface area (Å²) < 4.78 is 4.86. The van der Waals surface area contributed by atoms with E-state index in [1.807, 2.05) is 6.92 Å². The molecule has 5 heteroatoms. The molecule has 0 saturated heterocycles. The summed E-state index contributed by atoms with van der Waals surface area (Å²) in [7, 11) is 1.61. The average molecular weight is 246 g/mol. The highest BCUT2D eigenvalue weighted by atomic mass is 16.5. The zero-order valence-corrected chi connectivity index (χ0v) is 11.2. The smallest absolute Gasteiger partial charge is 0.236 e.